The van der Waals surface area contributed by atoms with Gasteiger partial charge in [0.25, 0.3) is 0 Å². The quantitative estimate of drug-likeness (QED) is 0.914. The minimum atomic E-state index is 0. The fourth-order valence-electron chi connectivity index (χ4n) is 4.04. The summed E-state index contributed by atoms with van der Waals surface area (Å²) >= 11 is 0. The smallest absolute Gasteiger partial charge is 0.228 e. The molecule has 2 aromatic rings. The van der Waals surface area contributed by atoms with Crippen molar-refractivity contribution in [2.75, 3.05) is 13.1 Å². The molecule has 5 nitrogen and oxygen atoms in total. The van der Waals surface area contributed by atoms with Gasteiger partial charge in [0.2, 0.25) is 5.91 Å². The number of carbonyl (C=O) groups excluding carboxylic acids is 1. The lowest BCUT2D eigenvalue weighted by Gasteiger charge is -2.29. The van der Waals surface area contributed by atoms with E-state index in [1.807, 2.05) is 29.2 Å². The van der Waals surface area contributed by atoms with Crippen LogP contribution >= 0.6 is 12.4 Å². The Balaban J connectivity index is 0.00000156. The molecule has 1 aromatic heterocycles. The van der Waals surface area contributed by atoms with E-state index in [1.54, 1.807) is 0 Å². The molecule has 4 rings (SSSR count). The third-order valence-corrected chi connectivity index (χ3v) is 5.28. The number of amides is 1. The maximum Gasteiger partial charge on any atom is 0.228 e. The molecule has 23 heavy (non-hydrogen) atoms. The van der Waals surface area contributed by atoms with Gasteiger partial charge in [0.15, 0.2) is 5.58 Å². The van der Waals surface area contributed by atoms with Gasteiger partial charge >= 0.3 is 0 Å². The topological polar surface area (TPSA) is 72.4 Å². The zero-order valence-electron chi connectivity index (χ0n) is 13.0. The number of benzene rings is 1. The highest BCUT2D eigenvalue weighted by Crippen LogP contribution is 2.35. The van der Waals surface area contributed by atoms with Crippen LogP contribution in [0.15, 0.2) is 28.8 Å². The monoisotopic (exact) mass is 335 g/mol. The Morgan fingerprint density at radius 3 is 2.96 bits per heavy atom. The van der Waals surface area contributed by atoms with Crippen molar-refractivity contribution in [2.45, 2.75) is 31.7 Å². The van der Waals surface area contributed by atoms with Crippen LogP contribution in [0.5, 0.6) is 0 Å². The average Bonchev–Trinajstić information content (AvgIpc) is 3.13. The lowest BCUT2D eigenvalue weighted by Crippen LogP contribution is -2.38. The molecule has 1 amide bonds. The summed E-state index contributed by atoms with van der Waals surface area (Å²) in [6.07, 6.45) is 3.80. The SMILES string of the molecule is Cl.NC1CCCC2CN(C(=O)Cc3noc4ccccc34)CC12. The Kier molecular flexibility index (Phi) is 4.60. The maximum absolute atomic E-state index is 12.6. The second-order valence-corrected chi connectivity index (χ2v) is 6.62. The van der Waals surface area contributed by atoms with E-state index in [1.165, 1.54) is 12.8 Å². The van der Waals surface area contributed by atoms with E-state index in [9.17, 15) is 4.79 Å². The van der Waals surface area contributed by atoms with Crippen LogP contribution in [0.25, 0.3) is 11.0 Å². The fraction of sp³-hybridized carbons (Fsp3) is 0.529. The van der Waals surface area contributed by atoms with Gasteiger partial charge in [0.1, 0.15) is 5.69 Å². The number of likely N-dealkylation sites (tertiary alicyclic amines) is 1. The molecule has 0 spiro atoms. The molecule has 1 aliphatic heterocycles. The normalized spacial score (nSPS) is 26.8. The molecule has 1 aliphatic carbocycles. The van der Waals surface area contributed by atoms with Gasteiger partial charge in [-0.1, -0.05) is 23.7 Å². The van der Waals surface area contributed by atoms with Crippen LogP contribution in [0.1, 0.15) is 25.0 Å². The van der Waals surface area contributed by atoms with Crippen molar-refractivity contribution in [3.63, 3.8) is 0 Å². The van der Waals surface area contributed by atoms with Crippen LogP contribution in [0.4, 0.5) is 0 Å². The second-order valence-electron chi connectivity index (χ2n) is 6.62. The molecule has 1 saturated heterocycles. The Labute approximate surface area is 141 Å². The average molecular weight is 336 g/mol. The molecular formula is C17H22ClN3O2. The summed E-state index contributed by atoms with van der Waals surface area (Å²) < 4.78 is 5.28. The van der Waals surface area contributed by atoms with Crippen molar-refractivity contribution in [3.8, 4) is 0 Å². The van der Waals surface area contributed by atoms with E-state index in [0.717, 1.165) is 36.2 Å². The van der Waals surface area contributed by atoms with Crippen LogP contribution < -0.4 is 5.73 Å². The van der Waals surface area contributed by atoms with Crippen molar-refractivity contribution in [1.29, 1.82) is 0 Å². The number of carbonyl (C=O) groups is 1. The molecule has 3 unspecified atom stereocenters. The molecule has 124 valence electrons. The second kappa shape index (κ2) is 6.49. The van der Waals surface area contributed by atoms with Crippen molar-refractivity contribution < 1.29 is 9.32 Å². The predicted octanol–water partition coefficient (Wildman–Crippen LogP) is 2.38. The first-order chi connectivity index (χ1) is 10.7. The van der Waals surface area contributed by atoms with Gasteiger partial charge in [-0.05, 0) is 36.8 Å². The number of rotatable bonds is 2. The minimum absolute atomic E-state index is 0. The number of hydrogen-bond donors (Lipinski definition) is 1. The predicted molar refractivity (Wildman–Crippen MR) is 90.3 cm³/mol. The number of para-hydroxylation sites is 1. The molecule has 0 radical (unpaired) electrons. The van der Waals surface area contributed by atoms with Crippen LogP contribution in [0.3, 0.4) is 0 Å². The van der Waals surface area contributed by atoms with Crippen molar-refractivity contribution in [3.05, 3.63) is 30.0 Å². The molecule has 1 saturated carbocycles. The number of halogens is 1. The molecular weight excluding hydrogens is 314 g/mol. The van der Waals surface area contributed by atoms with Gasteiger partial charge in [-0.2, -0.15) is 0 Å². The van der Waals surface area contributed by atoms with Gasteiger partial charge in [-0.25, -0.2) is 0 Å². The van der Waals surface area contributed by atoms with Gasteiger partial charge in [0, 0.05) is 24.5 Å². The standard InChI is InChI=1S/C17H21N3O2.ClH/c18-14-6-3-4-11-9-20(10-13(11)14)17(21)8-15-12-5-1-2-7-16(12)22-19-15;/h1-2,5,7,11,13-14H,3-4,6,8-10,18H2;1H. The Bertz CT molecular complexity index is 702. The molecule has 6 heteroatoms. The lowest BCUT2D eigenvalue weighted by molar-refractivity contribution is -0.129. The van der Waals surface area contributed by atoms with Gasteiger partial charge < -0.3 is 15.2 Å². The van der Waals surface area contributed by atoms with Crippen molar-refractivity contribution in [1.82, 2.24) is 10.1 Å². The number of fused-ring (bicyclic) bond motifs is 2. The van der Waals surface area contributed by atoms with Crippen molar-refractivity contribution in [2.24, 2.45) is 17.6 Å². The first-order valence-electron chi connectivity index (χ1n) is 8.09. The summed E-state index contributed by atoms with van der Waals surface area (Å²) in [5.74, 6) is 1.20. The molecule has 1 aromatic carbocycles. The highest BCUT2D eigenvalue weighted by Gasteiger charge is 2.40. The van der Waals surface area contributed by atoms with E-state index >= 15 is 0 Å². The first kappa shape index (κ1) is 16.3. The Morgan fingerprint density at radius 1 is 1.30 bits per heavy atom. The Morgan fingerprint density at radius 2 is 2.13 bits per heavy atom. The van der Waals surface area contributed by atoms with E-state index in [2.05, 4.69) is 5.16 Å². The molecule has 0 bridgehead atoms. The fourth-order valence-corrected chi connectivity index (χ4v) is 4.04. The number of nitrogens with zero attached hydrogens (tertiary/aromatic N) is 2. The number of nitrogens with two attached hydrogens (primary N) is 1. The molecule has 2 heterocycles. The highest BCUT2D eigenvalue weighted by molar-refractivity contribution is 5.86. The van der Waals surface area contributed by atoms with Crippen LogP contribution in [0, 0.1) is 11.8 Å². The van der Waals surface area contributed by atoms with Gasteiger partial charge in [0.05, 0.1) is 6.42 Å². The zero-order chi connectivity index (χ0) is 15.1. The third kappa shape index (κ3) is 2.95. The van der Waals surface area contributed by atoms with Crippen LogP contribution in [-0.4, -0.2) is 35.1 Å². The summed E-state index contributed by atoms with van der Waals surface area (Å²) in [5.41, 5.74) is 7.70. The largest absolute Gasteiger partial charge is 0.356 e. The molecule has 2 fully saturated rings. The zero-order valence-corrected chi connectivity index (χ0v) is 13.8. The summed E-state index contributed by atoms with van der Waals surface area (Å²) in [7, 11) is 0. The van der Waals surface area contributed by atoms with E-state index < -0.39 is 0 Å². The summed E-state index contributed by atoms with van der Waals surface area (Å²) in [4.78, 5) is 14.6. The van der Waals surface area contributed by atoms with Gasteiger partial charge in [-0.15, -0.1) is 12.4 Å². The third-order valence-electron chi connectivity index (χ3n) is 5.28. The summed E-state index contributed by atoms with van der Waals surface area (Å²) in [5, 5.41) is 5.00. The Hall–Kier alpha value is -1.59. The number of hydrogen-bond acceptors (Lipinski definition) is 4. The van der Waals surface area contributed by atoms with Crippen molar-refractivity contribution >= 4 is 29.3 Å². The first-order valence-corrected chi connectivity index (χ1v) is 8.09. The van der Waals surface area contributed by atoms with Crippen LogP contribution in [0.2, 0.25) is 0 Å². The van der Waals surface area contributed by atoms with E-state index in [4.69, 9.17) is 10.3 Å². The minimum Gasteiger partial charge on any atom is -0.356 e. The lowest BCUT2D eigenvalue weighted by atomic mass is 9.78. The summed E-state index contributed by atoms with van der Waals surface area (Å²) in [6.45, 7) is 1.66. The van der Waals surface area contributed by atoms with Gasteiger partial charge in [-0.3, -0.25) is 4.79 Å². The highest BCUT2D eigenvalue weighted by atomic mass is 35.5. The molecule has 2 aliphatic rings. The maximum atomic E-state index is 12.6. The number of aromatic nitrogens is 1. The molecule has 3 atom stereocenters. The summed E-state index contributed by atoms with van der Waals surface area (Å²) in [6, 6.07) is 7.93. The molecule has 2 N–H and O–H groups in total. The van der Waals surface area contributed by atoms with E-state index in [0.29, 0.717) is 18.3 Å². The van der Waals surface area contributed by atoms with Crippen LogP contribution in [-0.2, 0) is 11.2 Å². The van der Waals surface area contributed by atoms with E-state index in [-0.39, 0.29) is 24.4 Å².